The van der Waals surface area contributed by atoms with Gasteiger partial charge in [0, 0.05) is 73.0 Å². The summed E-state index contributed by atoms with van der Waals surface area (Å²) >= 11 is 0. The molecule has 13 atom stereocenters. The number of hydrogen-bond acceptors (Lipinski definition) is 18. The minimum Gasteiger partial charge on any atom is -0.462 e. The second kappa shape index (κ2) is 27.8. The lowest BCUT2D eigenvalue weighted by molar-refractivity contribution is -0.166. The first-order valence-electron chi connectivity index (χ1n) is 23.3. The summed E-state index contributed by atoms with van der Waals surface area (Å²) in [4.78, 5) is 66.3. The third kappa shape index (κ3) is 16.1. The number of carbonyl (C=O) groups is 4. The molecular formula is C50H72N4O15. The van der Waals surface area contributed by atoms with Gasteiger partial charge in [-0.25, -0.2) is 19.7 Å². The molecule has 1 aliphatic heterocycles. The smallest absolute Gasteiger partial charge is 0.335 e. The van der Waals surface area contributed by atoms with Crippen LogP contribution in [0.5, 0.6) is 0 Å². The Morgan fingerprint density at radius 3 is 2.20 bits per heavy atom. The Hall–Kier alpha value is -5.31. The van der Waals surface area contributed by atoms with Crippen molar-refractivity contribution >= 4 is 30.2 Å². The van der Waals surface area contributed by atoms with Crippen molar-refractivity contribution in [2.45, 2.75) is 129 Å². The predicted octanol–water partition coefficient (Wildman–Crippen LogP) is 7.21. The van der Waals surface area contributed by atoms with Crippen molar-refractivity contribution in [2.24, 2.45) is 29.6 Å². The Labute approximate surface area is 404 Å². The summed E-state index contributed by atoms with van der Waals surface area (Å²) in [7, 11) is 9.31. The molecule has 1 aliphatic rings. The molecule has 382 valence electrons. The van der Waals surface area contributed by atoms with Crippen molar-refractivity contribution in [1.82, 2.24) is 19.9 Å². The molecule has 0 saturated carbocycles. The maximum atomic E-state index is 13.7. The lowest BCUT2D eigenvalue weighted by Gasteiger charge is -2.35. The van der Waals surface area contributed by atoms with E-state index in [0.29, 0.717) is 42.8 Å². The average Bonchev–Trinajstić information content (AvgIpc) is 4.14. The molecule has 69 heavy (non-hydrogen) atoms. The van der Waals surface area contributed by atoms with Gasteiger partial charge in [0.1, 0.15) is 42.8 Å². The van der Waals surface area contributed by atoms with Crippen LogP contribution in [0.2, 0.25) is 0 Å². The number of aliphatic hydroxyl groups excluding tert-OH is 1. The third-order valence-corrected chi connectivity index (χ3v) is 12.9. The van der Waals surface area contributed by atoms with Crippen LogP contribution in [0.1, 0.15) is 97.8 Å². The number of rotatable bonds is 19. The van der Waals surface area contributed by atoms with Gasteiger partial charge in [0.15, 0.2) is 23.3 Å². The number of esters is 2. The number of aromatic nitrogens is 3. The van der Waals surface area contributed by atoms with E-state index in [9.17, 15) is 24.3 Å². The van der Waals surface area contributed by atoms with Gasteiger partial charge in [-0.15, -0.1) is 0 Å². The van der Waals surface area contributed by atoms with Gasteiger partial charge in [-0.3, -0.25) is 14.4 Å². The van der Waals surface area contributed by atoms with Crippen LogP contribution < -0.4 is 0 Å². The zero-order valence-electron chi connectivity index (χ0n) is 42.0. The minimum atomic E-state index is -1.16. The van der Waals surface area contributed by atoms with Crippen LogP contribution in [0.25, 0.3) is 29.2 Å². The topological polar surface area (TPSA) is 234 Å². The molecule has 19 heteroatoms. The predicted molar refractivity (Wildman–Crippen MR) is 252 cm³/mol. The first-order valence-corrected chi connectivity index (χ1v) is 23.3. The number of hydrogen-bond donors (Lipinski definition) is 1. The molecule has 3 aromatic rings. The van der Waals surface area contributed by atoms with Gasteiger partial charge >= 0.3 is 11.9 Å². The van der Waals surface area contributed by atoms with Crippen LogP contribution in [0, 0.1) is 29.6 Å². The molecule has 0 saturated heterocycles. The highest BCUT2D eigenvalue weighted by molar-refractivity contribution is 5.92. The monoisotopic (exact) mass is 968 g/mol. The summed E-state index contributed by atoms with van der Waals surface area (Å²) < 4.78 is 58.3. The molecule has 0 radical (unpaired) electrons. The Bertz CT molecular complexity index is 2150. The largest absolute Gasteiger partial charge is 0.462 e. The van der Waals surface area contributed by atoms with Crippen LogP contribution in [-0.4, -0.2) is 134 Å². The number of oxazole rings is 3. The summed E-state index contributed by atoms with van der Waals surface area (Å²) in [6.07, 6.45) is 10.8. The normalized spacial score (nSPS) is 24.9. The summed E-state index contributed by atoms with van der Waals surface area (Å²) in [5.41, 5.74) is 0.993. The number of nitrogens with zero attached hydrogens (tertiary/aromatic N) is 4. The zero-order chi connectivity index (χ0) is 50.8. The van der Waals surface area contributed by atoms with E-state index in [1.54, 1.807) is 54.5 Å². The van der Waals surface area contributed by atoms with Gasteiger partial charge in [0.05, 0.1) is 36.8 Å². The fraction of sp³-hybridized carbons (Fsp3) is 0.620. The van der Waals surface area contributed by atoms with Crippen LogP contribution in [0.4, 0.5) is 0 Å². The fourth-order valence-corrected chi connectivity index (χ4v) is 8.35. The molecule has 0 spiro atoms. The summed E-state index contributed by atoms with van der Waals surface area (Å²) in [5.74, 6) is -2.50. The first-order chi connectivity index (χ1) is 33.0. The molecule has 0 aliphatic carbocycles. The summed E-state index contributed by atoms with van der Waals surface area (Å²) in [6.45, 7) is 11.2. The number of ether oxygens (including phenoxy) is 7. The molecule has 4 rings (SSSR count). The van der Waals surface area contributed by atoms with Crippen molar-refractivity contribution in [3.8, 4) is 23.2 Å². The lowest BCUT2D eigenvalue weighted by atomic mass is 9.83. The number of amides is 1. The molecule has 3 aromatic heterocycles. The van der Waals surface area contributed by atoms with E-state index in [1.165, 1.54) is 50.1 Å². The van der Waals surface area contributed by atoms with Gasteiger partial charge < -0.3 is 56.4 Å². The molecule has 4 heterocycles. The van der Waals surface area contributed by atoms with Crippen molar-refractivity contribution in [2.75, 3.05) is 42.6 Å². The highest BCUT2D eigenvalue weighted by atomic mass is 16.6. The molecule has 0 unspecified atom stereocenters. The average molecular weight is 969 g/mol. The van der Waals surface area contributed by atoms with E-state index < -0.39 is 66.5 Å². The highest BCUT2D eigenvalue weighted by Crippen LogP contribution is 2.33. The molecule has 19 nitrogen and oxygen atoms in total. The van der Waals surface area contributed by atoms with Crippen molar-refractivity contribution < 1.29 is 70.7 Å². The van der Waals surface area contributed by atoms with Crippen molar-refractivity contribution in [1.29, 1.82) is 0 Å². The van der Waals surface area contributed by atoms with Crippen LogP contribution in [0.15, 0.2) is 62.5 Å². The second-order valence-corrected chi connectivity index (χ2v) is 17.8. The number of fused-ring (bicyclic) bond motifs is 8. The Morgan fingerprint density at radius 1 is 0.855 bits per heavy atom. The van der Waals surface area contributed by atoms with Crippen LogP contribution >= 0.6 is 0 Å². The Morgan fingerprint density at radius 2 is 1.54 bits per heavy atom. The van der Waals surface area contributed by atoms with E-state index in [0.717, 1.165) is 0 Å². The lowest BCUT2D eigenvalue weighted by Crippen LogP contribution is -2.41. The number of aliphatic hydroxyl groups is 1. The molecule has 0 aromatic carbocycles. The quantitative estimate of drug-likeness (QED) is 0.0923. The van der Waals surface area contributed by atoms with E-state index in [2.05, 4.69) is 15.0 Å². The molecule has 0 fully saturated rings. The maximum Gasteiger partial charge on any atom is 0.335 e. The van der Waals surface area contributed by atoms with Gasteiger partial charge in [-0.1, -0.05) is 52.8 Å². The van der Waals surface area contributed by atoms with E-state index in [-0.39, 0.29) is 66.6 Å². The van der Waals surface area contributed by atoms with Crippen LogP contribution in [-0.2, 0) is 52.3 Å². The standard InChI is InChI=1S/C50H72N4O15/c1-29(19-20-41(69-50(59)34(6)60-8)33(5)46(63-11)30(2)21-22-54(7)28-55)42(62-10)24-43-32(4)40(61-9)17-14-18-44-51-37(26-65-44)48-53-38(27-67-48)49-52-36(25-66-49)47(64-12)31(3)39(57)16-13-15-35(56)23-45(58)68-43/h13-14,16,18,21-22,25-35,40-43,46-47,56H,15,17,19-20,23-24H2,1-12H3/b16-13+,18-14+,22-21+/t29-,30+,31-,32+,33-,34+,35-,40-,41+,42-,43-,46+,47-/m0/s1. The number of cyclic esters (lactones) is 1. The summed E-state index contributed by atoms with van der Waals surface area (Å²) in [6, 6.07) is 0. The number of carbonyl (C=O) groups excluding carboxylic acids is 4. The second-order valence-electron chi connectivity index (χ2n) is 17.8. The minimum absolute atomic E-state index is 0.00174. The third-order valence-electron chi connectivity index (χ3n) is 12.9. The molecule has 1 N–H and O–H groups in total. The van der Waals surface area contributed by atoms with Gasteiger partial charge in [-0.2, -0.15) is 0 Å². The molecular weight excluding hydrogens is 897 g/mol. The number of ketones is 1. The highest BCUT2D eigenvalue weighted by Gasteiger charge is 2.36. The Balaban J connectivity index is 1.60. The number of allylic oxidation sites excluding steroid dienone is 1. The van der Waals surface area contributed by atoms with Crippen LogP contribution in [0.3, 0.4) is 0 Å². The van der Waals surface area contributed by atoms with Crippen molar-refractivity contribution in [3.05, 3.63) is 60.9 Å². The van der Waals surface area contributed by atoms with Gasteiger partial charge in [-0.05, 0) is 50.7 Å². The Kier molecular flexibility index (Phi) is 22.6. The number of methoxy groups -OCH3 is 5. The molecule has 6 bridgehead atoms. The van der Waals surface area contributed by atoms with E-state index in [1.807, 2.05) is 39.8 Å². The first kappa shape index (κ1) is 56.3. The fourth-order valence-electron chi connectivity index (χ4n) is 8.35. The van der Waals surface area contributed by atoms with Crippen molar-refractivity contribution in [3.63, 3.8) is 0 Å². The van der Waals surface area contributed by atoms with Gasteiger partial charge in [0.25, 0.3) is 0 Å². The van der Waals surface area contributed by atoms with Gasteiger partial charge in [0.2, 0.25) is 24.1 Å². The summed E-state index contributed by atoms with van der Waals surface area (Å²) in [5, 5.41) is 11.0. The van der Waals surface area contributed by atoms with E-state index >= 15 is 0 Å². The molecule has 1 amide bonds. The van der Waals surface area contributed by atoms with E-state index in [4.69, 9.17) is 46.4 Å². The SMILES string of the molecule is CO[C@@H]([C@@H](C)[C@@H](CC[C@H](C)[C@H](C[C@@H]1OC(=O)C[C@@H](O)C/C=C/C(=O)[C@H](C)[C@H](OC)c2coc(n2)-c2coc(n2)-c2coc(n2)/C=C/C[C@H](OC)[C@H]1C)OC)OC(=O)[C@@H](C)OC)[C@H](C)/C=C/N(C)C=O. The zero-order valence-corrected chi connectivity index (χ0v) is 42.0. The maximum absolute atomic E-state index is 13.7.